The molecule has 3 rings (SSSR count). The van der Waals surface area contributed by atoms with Crippen LogP contribution in [-0.2, 0) is 11.3 Å². The molecule has 26 heavy (non-hydrogen) atoms. The summed E-state index contributed by atoms with van der Waals surface area (Å²) in [5, 5.41) is 6.29. The van der Waals surface area contributed by atoms with Crippen LogP contribution in [0.5, 0.6) is 5.75 Å². The second-order valence-corrected chi connectivity index (χ2v) is 7.76. The second-order valence-electron chi connectivity index (χ2n) is 6.73. The van der Waals surface area contributed by atoms with Crippen LogP contribution in [-0.4, -0.2) is 29.8 Å². The number of ether oxygens (including phenoxy) is 1. The molecule has 0 spiro atoms. The smallest absolute Gasteiger partial charge is 0.266 e. The second kappa shape index (κ2) is 8.36. The van der Waals surface area contributed by atoms with E-state index in [-0.39, 0.29) is 12.5 Å². The molecule has 0 unspecified atom stereocenters. The molecule has 1 amide bonds. The summed E-state index contributed by atoms with van der Waals surface area (Å²) in [5.41, 5.74) is 5.19. The minimum absolute atomic E-state index is 0.00751. The molecule has 1 aliphatic rings. The Balaban J connectivity index is 1.73. The zero-order valence-corrected chi connectivity index (χ0v) is 16.3. The molecule has 6 heteroatoms. The number of carbonyl (C=O) groups excluding carboxylic acids is 1. The summed E-state index contributed by atoms with van der Waals surface area (Å²) < 4.78 is 5.94. The Bertz CT molecular complexity index is 784. The van der Waals surface area contributed by atoms with Gasteiger partial charge in [0.25, 0.3) is 5.91 Å². The first-order chi connectivity index (χ1) is 12.5. The quantitative estimate of drug-likeness (QED) is 0.838. The number of aryl methyl sites for hydroxylation is 1. The van der Waals surface area contributed by atoms with E-state index >= 15 is 0 Å². The fraction of sp³-hybridized carbons (Fsp3) is 0.400. The number of nitrogens with zero attached hydrogens (tertiary/aromatic N) is 2. The molecule has 1 aliphatic heterocycles. The Labute approximate surface area is 158 Å². The first-order valence-electron chi connectivity index (χ1n) is 8.90. The van der Waals surface area contributed by atoms with Crippen LogP contribution in [0.3, 0.4) is 0 Å². The molecule has 0 saturated carbocycles. The van der Waals surface area contributed by atoms with Gasteiger partial charge in [-0.2, -0.15) is 5.10 Å². The van der Waals surface area contributed by atoms with Gasteiger partial charge in [0, 0.05) is 17.8 Å². The summed E-state index contributed by atoms with van der Waals surface area (Å²) in [7, 11) is 0. The van der Waals surface area contributed by atoms with Gasteiger partial charge in [0.15, 0.2) is 6.61 Å². The molecule has 2 aromatic rings. The molecule has 0 radical (unpaired) electrons. The van der Waals surface area contributed by atoms with Gasteiger partial charge < -0.3 is 10.2 Å². The average molecular weight is 372 g/mol. The number of amidine groups is 1. The first kappa shape index (κ1) is 18.5. The van der Waals surface area contributed by atoms with Crippen molar-refractivity contribution in [2.75, 3.05) is 13.2 Å². The van der Waals surface area contributed by atoms with E-state index in [9.17, 15) is 4.79 Å². The molecule has 0 aliphatic carbocycles. The van der Waals surface area contributed by atoms with E-state index in [1.165, 1.54) is 0 Å². The van der Waals surface area contributed by atoms with E-state index < -0.39 is 0 Å². The Morgan fingerprint density at radius 3 is 2.88 bits per heavy atom. The third kappa shape index (κ3) is 4.43. The van der Waals surface area contributed by atoms with Crippen molar-refractivity contribution in [3.05, 3.63) is 51.7 Å². The highest BCUT2D eigenvalue weighted by Crippen LogP contribution is 2.27. The lowest BCUT2D eigenvalue weighted by molar-refractivity contribution is -0.130. The van der Waals surface area contributed by atoms with Gasteiger partial charge in [-0.3, -0.25) is 9.69 Å². The average Bonchev–Trinajstić information content (AvgIpc) is 3.30. The summed E-state index contributed by atoms with van der Waals surface area (Å²) in [6.45, 7) is 7.59. The first-order valence-corrected chi connectivity index (χ1v) is 9.78. The number of hydrogen-bond acceptors (Lipinski definition) is 5. The standard InChI is InChI=1S/C20H25N3O2S/c1-14(2)17-7-6-15(3)11-18(17)25-13-20(24)23(19-8-9-21-22-19)12-16-5-4-10-26-16/h4-7,10-11,14,21H,8-9,12-13H2,1-3H3. The SMILES string of the molecule is Cc1ccc(C(C)C)c(OCC(=O)N(Cc2cccs2)C2=NNCC2)c1. The van der Waals surface area contributed by atoms with Crippen LogP contribution < -0.4 is 10.2 Å². The number of thiophene rings is 1. The molecular weight excluding hydrogens is 346 g/mol. The van der Waals surface area contributed by atoms with Crippen LogP contribution in [0.25, 0.3) is 0 Å². The van der Waals surface area contributed by atoms with E-state index in [1.54, 1.807) is 16.2 Å². The zero-order valence-electron chi connectivity index (χ0n) is 15.5. The Kier molecular flexibility index (Phi) is 5.93. The van der Waals surface area contributed by atoms with Crippen LogP contribution in [0, 0.1) is 6.92 Å². The number of nitrogens with one attached hydrogen (secondary N) is 1. The Morgan fingerprint density at radius 2 is 2.23 bits per heavy atom. The molecule has 1 N–H and O–H groups in total. The van der Waals surface area contributed by atoms with Gasteiger partial charge in [-0.25, -0.2) is 0 Å². The van der Waals surface area contributed by atoms with E-state index in [1.807, 2.05) is 30.5 Å². The topological polar surface area (TPSA) is 53.9 Å². The van der Waals surface area contributed by atoms with Crippen molar-refractivity contribution in [3.63, 3.8) is 0 Å². The number of benzene rings is 1. The minimum atomic E-state index is -0.0722. The number of amides is 1. The lowest BCUT2D eigenvalue weighted by atomic mass is 10.0. The minimum Gasteiger partial charge on any atom is -0.483 e. The highest BCUT2D eigenvalue weighted by molar-refractivity contribution is 7.09. The summed E-state index contributed by atoms with van der Waals surface area (Å²) in [6.07, 6.45) is 0.749. The molecule has 138 valence electrons. The molecule has 0 fully saturated rings. The summed E-state index contributed by atoms with van der Waals surface area (Å²) in [5.74, 6) is 1.83. The maximum Gasteiger partial charge on any atom is 0.266 e. The lowest BCUT2D eigenvalue weighted by Crippen LogP contribution is -2.38. The van der Waals surface area contributed by atoms with Gasteiger partial charge >= 0.3 is 0 Å². The van der Waals surface area contributed by atoms with E-state index in [0.717, 1.165) is 40.6 Å². The van der Waals surface area contributed by atoms with Crippen molar-refractivity contribution >= 4 is 23.1 Å². The third-order valence-electron chi connectivity index (χ3n) is 4.32. The van der Waals surface area contributed by atoms with Gasteiger partial charge in [0.1, 0.15) is 11.6 Å². The van der Waals surface area contributed by atoms with Crippen molar-refractivity contribution in [1.29, 1.82) is 0 Å². The third-order valence-corrected chi connectivity index (χ3v) is 5.18. The van der Waals surface area contributed by atoms with Crippen molar-refractivity contribution < 1.29 is 9.53 Å². The highest BCUT2D eigenvalue weighted by Gasteiger charge is 2.23. The predicted molar refractivity (Wildman–Crippen MR) is 106 cm³/mol. The van der Waals surface area contributed by atoms with Crippen molar-refractivity contribution in [2.24, 2.45) is 5.10 Å². The summed E-state index contributed by atoms with van der Waals surface area (Å²) in [6, 6.07) is 10.2. The van der Waals surface area contributed by atoms with Gasteiger partial charge in [-0.15, -0.1) is 11.3 Å². The molecular formula is C20H25N3O2S. The normalized spacial score (nSPS) is 13.5. The maximum atomic E-state index is 12.9. The van der Waals surface area contributed by atoms with Crippen molar-refractivity contribution in [1.82, 2.24) is 10.3 Å². The summed E-state index contributed by atoms with van der Waals surface area (Å²) in [4.78, 5) is 15.8. The van der Waals surface area contributed by atoms with E-state index in [4.69, 9.17) is 4.74 Å². The molecule has 5 nitrogen and oxygen atoms in total. The van der Waals surface area contributed by atoms with Gasteiger partial charge in [-0.05, 0) is 41.5 Å². The molecule has 2 heterocycles. The van der Waals surface area contributed by atoms with Crippen LogP contribution in [0.1, 0.15) is 42.2 Å². The molecule has 0 atom stereocenters. The maximum absolute atomic E-state index is 12.9. The van der Waals surface area contributed by atoms with Crippen molar-refractivity contribution in [3.8, 4) is 5.75 Å². The highest BCUT2D eigenvalue weighted by atomic mass is 32.1. The number of rotatable bonds is 6. The van der Waals surface area contributed by atoms with E-state index in [2.05, 4.69) is 36.5 Å². The van der Waals surface area contributed by atoms with Gasteiger partial charge in [0.05, 0.1) is 6.54 Å². The zero-order chi connectivity index (χ0) is 18.5. The van der Waals surface area contributed by atoms with Crippen LogP contribution >= 0.6 is 11.3 Å². The van der Waals surface area contributed by atoms with Gasteiger partial charge in [-0.1, -0.05) is 32.0 Å². The Hall–Kier alpha value is -2.34. The monoisotopic (exact) mass is 371 g/mol. The summed E-state index contributed by atoms with van der Waals surface area (Å²) >= 11 is 1.64. The largest absolute Gasteiger partial charge is 0.483 e. The molecule has 0 saturated heterocycles. The molecule has 1 aromatic heterocycles. The van der Waals surface area contributed by atoms with E-state index in [0.29, 0.717) is 12.5 Å². The van der Waals surface area contributed by atoms with Crippen LogP contribution in [0.2, 0.25) is 0 Å². The number of hydrogen-bond donors (Lipinski definition) is 1. The Morgan fingerprint density at radius 1 is 1.38 bits per heavy atom. The number of hydrazone groups is 1. The predicted octanol–water partition coefficient (Wildman–Crippen LogP) is 3.89. The van der Waals surface area contributed by atoms with Gasteiger partial charge in [0.2, 0.25) is 0 Å². The fourth-order valence-electron chi connectivity index (χ4n) is 2.91. The van der Waals surface area contributed by atoms with Crippen molar-refractivity contribution in [2.45, 2.75) is 39.7 Å². The van der Waals surface area contributed by atoms with Crippen LogP contribution in [0.4, 0.5) is 0 Å². The molecule has 0 bridgehead atoms. The number of carbonyl (C=O) groups is 1. The van der Waals surface area contributed by atoms with Crippen LogP contribution in [0.15, 0.2) is 40.8 Å². The fourth-order valence-corrected chi connectivity index (χ4v) is 3.60. The molecule has 1 aromatic carbocycles. The lowest BCUT2D eigenvalue weighted by Gasteiger charge is -2.22.